The van der Waals surface area contributed by atoms with Gasteiger partial charge in [-0.25, -0.2) is 4.79 Å². The molecular weight excluding hydrogens is 272 g/mol. The Bertz CT molecular complexity index is 557. The molecule has 0 atom stereocenters. The molecule has 0 aliphatic carbocycles. The number of aliphatic carboxylic acids is 1. The maximum absolute atomic E-state index is 11.8. The van der Waals surface area contributed by atoms with Gasteiger partial charge in [0.1, 0.15) is 0 Å². The van der Waals surface area contributed by atoms with Crippen LogP contribution in [0.3, 0.4) is 0 Å². The van der Waals surface area contributed by atoms with Gasteiger partial charge >= 0.3 is 5.97 Å². The van der Waals surface area contributed by atoms with Crippen molar-refractivity contribution >= 4 is 11.9 Å². The number of hydrogen-bond donors (Lipinski definition) is 1. The highest BCUT2D eigenvalue weighted by Crippen LogP contribution is 2.11. The fraction of sp³-hybridized carbons (Fsp3) is 0.500. The van der Waals surface area contributed by atoms with Crippen molar-refractivity contribution in [2.75, 3.05) is 26.2 Å². The lowest BCUT2D eigenvalue weighted by molar-refractivity contribution is -0.132. The fourth-order valence-corrected chi connectivity index (χ4v) is 2.42. The summed E-state index contributed by atoms with van der Waals surface area (Å²) in [5.41, 5.74) is 2.23. The van der Waals surface area contributed by atoms with Crippen LogP contribution in [-0.4, -0.2) is 62.7 Å². The summed E-state index contributed by atoms with van der Waals surface area (Å²) in [5, 5.41) is 12.8. The van der Waals surface area contributed by atoms with Crippen LogP contribution in [-0.2, 0) is 23.2 Å². The predicted octanol–water partition coefficient (Wildman–Crippen LogP) is 0.0135. The summed E-state index contributed by atoms with van der Waals surface area (Å²) in [7, 11) is 1.90. The monoisotopic (exact) mass is 292 g/mol. The Morgan fingerprint density at radius 3 is 2.48 bits per heavy atom. The van der Waals surface area contributed by atoms with E-state index in [2.05, 4.69) is 10.00 Å². The summed E-state index contributed by atoms with van der Waals surface area (Å²) in [6.45, 7) is 5.60. The van der Waals surface area contributed by atoms with Crippen molar-refractivity contribution in [3.05, 3.63) is 29.6 Å². The Hall–Kier alpha value is -2.15. The largest absolute Gasteiger partial charge is 0.478 e. The zero-order valence-electron chi connectivity index (χ0n) is 12.3. The minimum absolute atomic E-state index is 0.241. The topological polar surface area (TPSA) is 78.7 Å². The number of carboxylic acid groups (broad SMARTS) is 1. The number of aromatic nitrogens is 2. The smallest absolute Gasteiger partial charge is 0.328 e. The molecule has 1 saturated heterocycles. The SMILES string of the molecule is Cc1nn(C)cc1CN1CCN(C(=O)C=CC(=O)O)CC1. The summed E-state index contributed by atoms with van der Waals surface area (Å²) in [4.78, 5) is 26.1. The average molecular weight is 292 g/mol. The Balaban J connectivity index is 1.84. The molecule has 0 spiro atoms. The van der Waals surface area contributed by atoms with E-state index in [4.69, 9.17) is 5.11 Å². The zero-order valence-corrected chi connectivity index (χ0v) is 12.3. The second kappa shape index (κ2) is 6.53. The first-order valence-electron chi connectivity index (χ1n) is 6.87. The first-order chi connectivity index (χ1) is 9.95. The van der Waals surface area contributed by atoms with Gasteiger partial charge in [-0.15, -0.1) is 0 Å². The van der Waals surface area contributed by atoms with E-state index in [1.165, 1.54) is 5.56 Å². The molecule has 0 saturated carbocycles. The molecule has 1 aromatic rings. The van der Waals surface area contributed by atoms with Gasteiger partial charge in [-0.3, -0.25) is 14.4 Å². The molecule has 1 aliphatic heterocycles. The normalized spacial score (nSPS) is 16.6. The first-order valence-corrected chi connectivity index (χ1v) is 6.87. The van der Waals surface area contributed by atoms with Crippen molar-refractivity contribution in [3.8, 4) is 0 Å². The molecule has 1 aromatic heterocycles. The van der Waals surface area contributed by atoms with Crippen molar-refractivity contribution in [1.82, 2.24) is 19.6 Å². The van der Waals surface area contributed by atoms with E-state index in [-0.39, 0.29) is 5.91 Å². The van der Waals surface area contributed by atoms with E-state index in [1.807, 2.05) is 20.2 Å². The molecular formula is C14H20N4O3. The number of nitrogens with zero attached hydrogens (tertiary/aromatic N) is 4. The van der Waals surface area contributed by atoms with Gasteiger partial charge in [0.05, 0.1) is 5.69 Å². The number of aryl methyl sites for hydroxylation is 2. The molecule has 0 bridgehead atoms. The summed E-state index contributed by atoms with van der Waals surface area (Å²) >= 11 is 0. The Kier molecular flexibility index (Phi) is 4.74. The second-order valence-corrected chi connectivity index (χ2v) is 5.19. The van der Waals surface area contributed by atoms with E-state index in [0.717, 1.165) is 37.5 Å². The quantitative estimate of drug-likeness (QED) is 0.791. The number of carbonyl (C=O) groups is 2. The van der Waals surface area contributed by atoms with E-state index >= 15 is 0 Å². The number of carboxylic acids is 1. The summed E-state index contributed by atoms with van der Waals surface area (Å²) < 4.78 is 1.81. The third kappa shape index (κ3) is 4.16. The van der Waals surface area contributed by atoms with E-state index in [9.17, 15) is 9.59 Å². The summed E-state index contributed by atoms with van der Waals surface area (Å²) in [6.07, 6.45) is 4.01. The Labute approximate surface area is 123 Å². The molecule has 0 unspecified atom stereocenters. The van der Waals surface area contributed by atoms with E-state index in [1.54, 1.807) is 9.58 Å². The van der Waals surface area contributed by atoms with Crippen LogP contribution in [0.1, 0.15) is 11.3 Å². The summed E-state index contributed by atoms with van der Waals surface area (Å²) in [6, 6.07) is 0. The van der Waals surface area contributed by atoms with Gasteiger partial charge < -0.3 is 10.0 Å². The molecule has 1 fully saturated rings. The maximum atomic E-state index is 11.8. The molecule has 114 valence electrons. The number of carbonyl (C=O) groups excluding carboxylic acids is 1. The summed E-state index contributed by atoms with van der Waals surface area (Å²) in [5.74, 6) is -1.34. The third-order valence-corrected chi connectivity index (χ3v) is 3.56. The highest BCUT2D eigenvalue weighted by atomic mass is 16.4. The van der Waals surface area contributed by atoms with Crippen LogP contribution in [0.15, 0.2) is 18.3 Å². The standard InChI is InChI=1S/C14H20N4O3/c1-11-12(9-16(2)15-11)10-17-5-7-18(8-6-17)13(19)3-4-14(20)21/h3-4,9H,5-8,10H2,1-2H3,(H,20,21). The minimum Gasteiger partial charge on any atom is -0.478 e. The van der Waals surface area contributed by atoms with Crippen molar-refractivity contribution in [2.45, 2.75) is 13.5 Å². The molecule has 1 N–H and O–H groups in total. The van der Waals surface area contributed by atoms with Gasteiger partial charge in [0, 0.05) is 63.7 Å². The predicted molar refractivity (Wildman–Crippen MR) is 76.6 cm³/mol. The Morgan fingerprint density at radius 1 is 1.29 bits per heavy atom. The molecule has 0 radical (unpaired) electrons. The van der Waals surface area contributed by atoms with Crippen LogP contribution in [0.25, 0.3) is 0 Å². The van der Waals surface area contributed by atoms with Crippen LogP contribution in [0.4, 0.5) is 0 Å². The fourth-order valence-electron chi connectivity index (χ4n) is 2.42. The van der Waals surface area contributed by atoms with Crippen LogP contribution in [0.5, 0.6) is 0 Å². The zero-order chi connectivity index (χ0) is 15.4. The molecule has 0 aromatic carbocycles. The lowest BCUT2D eigenvalue weighted by Crippen LogP contribution is -2.47. The number of rotatable bonds is 4. The van der Waals surface area contributed by atoms with Gasteiger partial charge in [-0.2, -0.15) is 5.10 Å². The number of amides is 1. The van der Waals surface area contributed by atoms with Crippen LogP contribution >= 0.6 is 0 Å². The van der Waals surface area contributed by atoms with Crippen molar-refractivity contribution in [3.63, 3.8) is 0 Å². The molecule has 2 heterocycles. The molecule has 7 heteroatoms. The highest BCUT2D eigenvalue weighted by molar-refractivity contribution is 5.93. The van der Waals surface area contributed by atoms with Crippen LogP contribution < -0.4 is 0 Å². The number of piperazine rings is 1. The van der Waals surface area contributed by atoms with Gasteiger partial charge in [0.25, 0.3) is 0 Å². The Morgan fingerprint density at radius 2 is 1.95 bits per heavy atom. The molecule has 7 nitrogen and oxygen atoms in total. The van der Waals surface area contributed by atoms with Crippen LogP contribution in [0.2, 0.25) is 0 Å². The van der Waals surface area contributed by atoms with Crippen molar-refractivity contribution in [2.24, 2.45) is 7.05 Å². The van der Waals surface area contributed by atoms with Crippen molar-refractivity contribution < 1.29 is 14.7 Å². The average Bonchev–Trinajstić information content (AvgIpc) is 2.75. The van der Waals surface area contributed by atoms with Gasteiger partial charge in [-0.05, 0) is 6.92 Å². The molecule has 1 amide bonds. The second-order valence-electron chi connectivity index (χ2n) is 5.19. The molecule has 21 heavy (non-hydrogen) atoms. The third-order valence-electron chi connectivity index (χ3n) is 3.56. The van der Waals surface area contributed by atoms with Gasteiger partial charge in [0.15, 0.2) is 0 Å². The van der Waals surface area contributed by atoms with E-state index in [0.29, 0.717) is 13.1 Å². The molecule has 2 rings (SSSR count). The highest BCUT2D eigenvalue weighted by Gasteiger charge is 2.20. The van der Waals surface area contributed by atoms with Gasteiger partial charge in [-0.1, -0.05) is 0 Å². The minimum atomic E-state index is -1.10. The number of hydrogen-bond acceptors (Lipinski definition) is 4. The van der Waals surface area contributed by atoms with Gasteiger partial charge in [0.2, 0.25) is 5.91 Å². The molecule has 1 aliphatic rings. The lowest BCUT2D eigenvalue weighted by atomic mass is 10.2. The van der Waals surface area contributed by atoms with E-state index < -0.39 is 5.97 Å². The van der Waals surface area contributed by atoms with Crippen molar-refractivity contribution in [1.29, 1.82) is 0 Å². The first kappa shape index (κ1) is 15.2. The maximum Gasteiger partial charge on any atom is 0.328 e. The van der Waals surface area contributed by atoms with Crippen LogP contribution in [0, 0.1) is 6.92 Å². The lowest BCUT2D eigenvalue weighted by Gasteiger charge is -2.34.